The molecule has 0 aliphatic heterocycles. The maximum atomic E-state index is 9.14. The summed E-state index contributed by atoms with van der Waals surface area (Å²) in [5, 5.41) is 24.4. The van der Waals surface area contributed by atoms with Gasteiger partial charge in [-0.2, -0.15) is 0 Å². The van der Waals surface area contributed by atoms with Gasteiger partial charge < -0.3 is 20.1 Å². The van der Waals surface area contributed by atoms with Crippen LogP contribution in [0.5, 0.6) is 0 Å². The maximum Gasteiger partial charge on any atom is 0.0662 e. The SMILES string of the molecule is C=CC(=O)[O-].OCCO. The van der Waals surface area contributed by atoms with Crippen molar-refractivity contribution >= 4 is 5.97 Å². The highest BCUT2D eigenvalue weighted by atomic mass is 16.4. The van der Waals surface area contributed by atoms with Crippen molar-refractivity contribution in [3.05, 3.63) is 12.7 Å². The Morgan fingerprint density at radius 3 is 1.78 bits per heavy atom. The van der Waals surface area contributed by atoms with E-state index in [1.54, 1.807) is 0 Å². The molecule has 0 aliphatic rings. The minimum absolute atomic E-state index is 0.125. The van der Waals surface area contributed by atoms with Crippen LogP contribution in [-0.2, 0) is 4.79 Å². The topological polar surface area (TPSA) is 80.6 Å². The van der Waals surface area contributed by atoms with Gasteiger partial charge in [-0.15, -0.1) is 0 Å². The van der Waals surface area contributed by atoms with Crippen molar-refractivity contribution in [3.8, 4) is 0 Å². The molecule has 54 valence electrons. The molecular formula is C5H9O4-. The first-order chi connectivity index (χ1) is 4.18. The summed E-state index contributed by atoms with van der Waals surface area (Å²) in [6.45, 7) is 2.65. The van der Waals surface area contributed by atoms with Gasteiger partial charge in [-0.3, -0.25) is 0 Å². The van der Waals surface area contributed by atoms with E-state index in [4.69, 9.17) is 20.1 Å². The molecule has 0 unspecified atom stereocenters. The Morgan fingerprint density at radius 1 is 1.56 bits per heavy atom. The molecule has 0 saturated heterocycles. The van der Waals surface area contributed by atoms with Gasteiger partial charge in [0.25, 0.3) is 0 Å². The third kappa shape index (κ3) is 41.4. The van der Waals surface area contributed by atoms with Gasteiger partial charge >= 0.3 is 0 Å². The van der Waals surface area contributed by atoms with Gasteiger partial charge in [0.15, 0.2) is 0 Å². The number of aliphatic carboxylic acids is 1. The number of hydrogen-bond acceptors (Lipinski definition) is 4. The zero-order valence-electron chi connectivity index (χ0n) is 4.91. The zero-order valence-corrected chi connectivity index (χ0v) is 4.91. The Kier molecular flexibility index (Phi) is 12.4. The van der Waals surface area contributed by atoms with Gasteiger partial charge in [0, 0.05) is 0 Å². The highest BCUT2D eigenvalue weighted by Gasteiger charge is 1.58. The standard InChI is InChI=1S/C3H4O2.C2H6O2/c1-2-3(4)5;3-1-2-4/h2H,1H2,(H,4,5);3-4H,1-2H2/p-1. The molecule has 0 radical (unpaired) electrons. The van der Waals surface area contributed by atoms with Crippen molar-refractivity contribution in [2.24, 2.45) is 0 Å². The molecule has 0 aromatic heterocycles. The molecule has 0 aromatic carbocycles. The average molecular weight is 133 g/mol. The fraction of sp³-hybridized carbons (Fsp3) is 0.400. The van der Waals surface area contributed by atoms with Gasteiger partial charge in [0.05, 0.1) is 19.2 Å². The molecule has 0 aromatic rings. The molecule has 0 spiro atoms. The van der Waals surface area contributed by atoms with Crippen LogP contribution in [0.3, 0.4) is 0 Å². The van der Waals surface area contributed by atoms with Crippen molar-refractivity contribution in [1.29, 1.82) is 0 Å². The summed E-state index contributed by atoms with van der Waals surface area (Å²) in [6.07, 6.45) is 0.722. The summed E-state index contributed by atoms with van der Waals surface area (Å²) in [5.41, 5.74) is 0. The van der Waals surface area contributed by atoms with Crippen LogP contribution in [0.2, 0.25) is 0 Å². The molecule has 0 fully saturated rings. The number of aliphatic hydroxyl groups excluding tert-OH is 2. The summed E-state index contributed by atoms with van der Waals surface area (Å²) in [7, 11) is 0. The molecule has 0 rings (SSSR count). The van der Waals surface area contributed by atoms with Crippen molar-refractivity contribution < 1.29 is 20.1 Å². The first-order valence-corrected chi connectivity index (χ1v) is 2.24. The molecule has 4 nitrogen and oxygen atoms in total. The largest absolute Gasteiger partial charge is 0.545 e. The van der Waals surface area contributed by atoms with Gasteiger partial charge in [-0.25, -0.2) is 0 Å². The number of carbonyl (C=O) groups excluding carboxylic acids is 1. The molecule has 0 heterocycles. The summed E-state index contributed by atoms with van der Waals surface area (Å²) in [5.74, 6) is -1.23. The number of carboxylic acid groups (broad SMARTS) is 1. The van der Waals surface area contributed by atoms with E-state index in [-0.39, 0.29) is 13.2 Å². The van der Waals surface area contributed by atoms with Gasteiger partial charge in [0.1, 0.15) is 0 Å². The number of hydrogen-bond donors (Lipinski definition) is 2. The van der Waals surface area contributed by atoms with Gasteiger partial charge in [-0.05, 0) is 6.08 Å². The molecule has 0 aliphatic carbocycles. The van der Waals surface area contributed by atoms with Crippen molar-refractivity contribution in [2.75, 3.05) is 13.2 Å². The minimum Gasteiger partial charge on any atom is -0.545 e. The number of rotatable bonds is 2. The Morgan fingerprint density at radius 2 is 1.78 bits per heavy atom. The molecule has 9 heavy (non-hydrogen) atoms. The smallest absolute Gasteiger partial charge is 0.0662 e. The lowest BCUT2D eigenvalue weighted by atomic mass is 10.7. The summed E-state index contributed by atoms with van der Waals surface area (Å²) >= 11 is 0. The van der Waals surface area contributed by atoms with Crippen molar-refractivity contribution in [1.82, 2.24) is 0 Å². The lowest BCUT2D eigenvalue weighted by Gasteiger charge is -1.81. The quantitative estimate of drug-likeness (QED) is 0.422. The summed E-state index contributed by atoms with van der Waals surface area (Å²) < 4.78 is 0. The Labute approximate surface area is 53.1 Å². The van der Waals surface area contributed by atoms with E-state index in [9.17, 15) is 0 Å². The minimum atomic E-state index is -1.23. The molecule has 2 N–H and O–H groups in total. The van der Waals surface area contributed by atoms with Crippen molar-refractivity contribution in [2.45, 2.75) is 0 Å². The van der Waals surface area contributed by atoms with Crippen LogP contribution in [0.1, 0.15) is 0 Å². The van der Waals surface area contributed by atoms with E-state index in [1.807, 2.05) is 0 Å². The number of aliphatic hydroxyl groups is 2. The number of carbonyl (C=O) groups is 1. The summed E-state index contributed by atoms with van der Waals surface area (Å²) in [4.78, 5) is 9.14. The van der Waals surface area contributed by atoms with Crippen LogP contribution in [0.15, 0.2) is 12.7 Å². The lowest BCUT2D eigenvalue weighted by Crippen LogP contribution is -2.17. The van der Waals surface area contributed by atoms with E-state index in [0.717, 1.165) is 6.08 Å². The average Bonchev–Trinajstić information content (AvgIpc) is 1.89. The van der Waals surface area contributed by atoms with Crippen LogP contribution < -0.4 is 5.11 Å². The van der Waals surface area contributed by atoms with Crippen molar-refractivity contribution in [3.63, 3.8) is 0 Å². The highest BCUT2D eigenvalue weighted by molar-refractivity contribution is 5.76. The fourth-order valence-corrected chi connectivity index (χ4v) is 0. The number of carboxylic acids is 1. The zero-order chi connectivity index (χ0) is 7.70. The van der Waals surface area contributed by atoms with E-state index in [2.05, 4.69) is 6.58 Å². The normalized spacial score (nSPS) is 6.89. The molecule has 0 amide bonds. The predicted octanol–water partition coefficient (Wildman–Crippen LogP) is -2.11. The van der Waals surface area contributed by atoms with Crippen LogP contribution >= 0.6 is 0 Å². The van der Waals surface area contributed by atoms with E-state index in [0.29, 0.717) is 0 Å². The van der Waals surface area contributed by atoms with Gasteiger partial charge in [0.2, 0.25) is 0 Å². The van der Waals surface area contributed by atoms with E-state index < -0.39 is 5.97 Å². The highest BCUT2D eigenvalue weighted by Crippen LogP contribution is 1.47. The van der Waals surface area contributed by atoms with Crippen LogP contribution in [0.4, 0.5) is 0 Å². The van der Waals surface area contributed by atoms with E-state index >= 15 is 0 Å². The van der Waals surface area contributed by atoms with Crippen LogP contribution in [0, 0.1) is 0 Å². The molecule has 4 heteroatoms. The van der Waals surface area contributed by atoms with Crippen LogP contribution in [-0.4, -0.2) is 29.4 Å². The first-order valence-electron chi connectivity index (χ1n) is 2.24. The predicted molar refractivity (Wildman–Crippen MR) is 29.4 cm³/mol. The first kappa shape index (κ1) is 11.0. The van der Waals surface area contributed by atoms with Gasteiger partial charge in [-0.1, -0.05) is 6.58 Å². The monoisotopic (exact) mass is 133 g/mol. The molecular weight excluding hydrogens is 124 g/mol. The second-order valence-corrected chi connectivity index (χ2v) is 0.970. The second kappa shape index (κ2) is 10.2. The fourth-order valence-electron chi connectivity index (χ4n) is 0. The van der Waals surface area contributed by atoms with Crippen LogP contribution in [0.25, 0.3) is 0 Å². The summed E-state index contributed by atoms with van der Waals surface area (Å²) in [6, 6.07) is 0. The second-order valence-electron chi connectivity index (χ2n) is 0.970. The Balaban J connectivity index is 0. The molecule has 0 bridgehead atoms. The molecule has 0 saturated carbocycles. The Hall–Kier alpha value is -0.870. The third-order valence-corrected chi connectivity index (χ3v) is 0.267. The molecule has 0 atom stereocenters. The lowest BCUT2D eigenvalue weighted by molar-refractivity contribution is -0.297. The maximum absolute atomic E-state index is 9.14. The van der Waals surface area contributed by atoms with E-state index in [1.165, 1.54) is 0 Å². The third-order valence-electron chi connectivity index (χ3n) is 0.267. The Bertz CT molecular complexity index is 77.0.